The van der Waals surface area contributed by atoms with Crippen molar-refractivity contribution in [1.29, 1.82) is 0 Å². The van der Waals surface area contributed by atoms with Gasteiger partial charge < -0.3 is 10.1 Å². The van der Waals surface area contributed by atoms with E-state index in [1.54, 1.807) is 0 Å². The van der Waals surface area contributed by atoms with E-state index in [1.807, 2.05) is 12.1 Å². The molecule has 1 amide bonds. The first-order valence-electron chi connectivity index (χ1n) is 6.20. The molecule has 0 aliphatic carbocycles. The minimum Gasteiger partial charge on any atom is -0.493 e. The van der Waals surface area contributed by atoms with E-state index in [9.17, 15) is 9.59 Å². The van der Waals surface area contributed by atoms with Gasteiger partial charge in [-0.25, -0.2) is 0 Å². The summed E-state index contributed by atoms with van der Waals surface area (Å²) in [7, 11) is 0. The molecule has 0 saturated heterocycles. The first-order chi connectivity index (χ1) is 8.66. The Bertz CT molecular complexity index is 468. The number of nitrogens with one attached hydrogen (secondary N) is 1. The fourth-order valence-corrected chi connectivity index (χ4v) is 2.01. The van der Waals surface area contributed by atoms with Crippen LogP contribution >= 0.6 is 0 Å². The summed E-state index contributed by atoms with van der Waals surface area (Å²) in [6.07, 6.45) is 2.83. The van der Waals surface area contributed by atoms with Crippen LogP contribution < -0.4 is 10.1 Å². The van der Waals surface area contributed by atoms with E-state index >= 15 is 0 Å². The van der Waals surface area contributed by atoms with Crippen molar-refractivity contribution in [3.05, 3.63) is 29.3 Å². The summed E-state index contributed by atoms with van der Waals surface area (Å²) in [5, 5.41) is 2.59. The van der Waals surface area contributed by atoms with Gasteiger partial charge >= 0.3 is 0 Å². The molecule has 1 heterocycles. The van der Waals surface area contributed by atoms with Crippen LogP contribution in [0, 0.1) is 0 Å². The molecule has 0 saturated carbocycles. The number of ether oxygens (including phenoxy) is 1. The molecule has 0 fully saturated rings. The van der Waals surface area contributed by atoms with Crippen molar-refractivity contribution in [3.8, 4) is 5.75 Å². The molecule has 0 spiro atoms. The van der Waals surface area contributed by atoms with Gasteiger partial charge in [-0.1, -0.05) is 12.1 Å². The van der Waals surface area contributed by atoms with Gasteiger partial charge in [0.15, 0.2) is 0 Å². The zero-order valence-electron chi connectivity index (χ0n) is 10.5. The van der Waals surface area contributed by atoms with Gasteiger partial charge in [0.2, 0.25) is 5.78 Å². The van der Waals surface area contributed by atoms with Crippen LogP contribution in [-0.2, 0) is 22.4 Å². The summed E-state index contributed by atoms with van der Waals surface area (Å²) in [4.78, 5) is 21.8. The van der Waals surface area contributed by atoms with E-state index in [4.69, 9.17) is 4.74 Å². The van der Waals surface area contributed by atoms with Crippen LogP contribution in [0.5, 0.6) is 5.75 Å². The van der Waals surface area contributed by atoms with E-state index in [1.165, 1.54) is 12.5 Å². The molecule has 1 N–H and O–H groups in total. The van der Waals surface area contributed by atoms with E-state index in [0.29, 0.717) is 6.54 Å². The highest BCUT2D eigenvalue weighted by atomic mass is 16.5. The van der Waals surface area contributed by atoms with Crippen molar-refractivity contribution >= 4 is 11.7 Å². The third-order valence-corrected chi connectivity index (χ3v) is 2.99. The average Bonchev–Trinajstić information content (AvgIpc) is 2.38. The number of rotatable bonds is 4. The van der Waals surface area contributed by atoms with Gasteiger partial charge in [-0.2, -0.15) is 0 Å². The van der Waals surface area contributed by atoms with Gasteiger partial charge in [0, 0.05) is 13.5 Å². The van der Waals surface area contributed by atoms with Crippen molar-refractivity contribution in [2.24, 2.45) is 0 Å². The number of benzene rings is 1. The van der Waals surface area contributed by atoms with Crippen LogP contribution in [0.15, 0.2) is 18.2 Å². The Morgan fingerprint density at radius 1 is 1.39 bits per heavy atom. The molecule has 4 heteroatoms. The summed E-state index contributed by atoms with van der Waals surface area (Å²) in [5.41, 5.74) is 2.39. The largest absolute Gasteiger partial charge is 0.493 e. The Morgan fingerprint density at radius 2 is 2.22 bits per heavy atom. The first-order valence-corrected chi connectivity index (χ1v) is 6.20. The fraction of sp³-hybridized carbons (Fsp3) is 0.429. The molecule has 96 valence electrons. The number of amides is 1. The molecular formula is C14H17NO3. The molecule has 2 rings (SSSR count). The lowest BCUT2D eigenvalue weighted by atomic mass is 10.0. The molecule has 18 heavy (non-hydrogen) atoms. The summed E-state index contributed by atoms with van der Waals surface area (Å²) >= 11 is 0. The maximum absolute atomic E-state index is 11.1. The standard InChI is InChI=1S/C14H17NO3/c1-10(16)14(17)15-7-6-11-4-5-13-12(9-11)3-2-8-18-13/h4-5,9H,2-3,6-8H2,1H3,(H,15,17). The van der Waals surface area contributed by atoms with Gasteiger partial charge in [0.25, 0.3) is 5.91 Å². The van der Waals surface area contributed by atoms with Crippen molar-refractivity contribution in [3.63, 3.8) is 0 Å². The number of ketones is 1. The van der Waals surface area contributed by atoms with Gasteiger partial charge in [0.05, 0.1) is 6.61 Å². The monoisotopic (exact) mass is 247 g/mol. The van der Waals surface area contributed by atoms with Crippen LogP contribution in [0.2, 0.25) is 0 Å². The summed E-state index contributed by atoms with van der Waals surface area (Å²) in [6.45, 7) is 2.55. The average molecular weight is 247 g/mol. The van der Waals surface area contributed by atoms with Gasteiger partial charge in [-0.3, -0.25) is 9.59 Å². The van der Waals surface area contributed by atoms with Crippen LogP contribution in [0.3, 0.4) is 0 Å². The molecule has 1 aromatic rings. The number of carbonyl (C=O) groups is 2. The predicted molar refractivity (Wildman–Crippen MR) is 67.7 cm³/mol. The SMILES string of the molecule is CC(=O)C(=O)NCCc1ccc2c(c1)CCCO2. The Morgan fingerprint density at radius 3 is 3.00 bits per heavy atom. The molecule has 4 nitrogen and oxygen atoms in total. The molecule has 0 bridgehead atoms. The van der Waals surface area contributed by atoms with E-state index in [2.05, 4.69) is 11.4 Å². The Labute approximate surface area is 106 Å². The highest BCUT2D eigenvalue weighted by Crippen LogP contribution is 2.25. The molecule has 1 aliphatic heterocycles. The smallest absolute Gasteiger partial charge is 0.287 e. The lowest BCUT2D eigenvalue weighted by Gasteiger charge is -2.17. The second kappa shape index (κ2) is 5.67. The van der Waals surface area contributed by atoms with E-state index in [-0.39, 0.29) is 0 Å². The van der Waals surface area contributed by atoms with Gasteiger partial charge in [-0.15, -0.1) is 0 Å². The summed E-state index contributed by atoms with van der Waals surface area (Å²) in [6, 6.07) is 6.11. The maximum Gasteiger partial charge on any atom is 0.287 e. The molecule has 1 aromatic carbocycles. The summed E-state index contributed by atoms with van der Waals surface area (Å²) in [5.74, 6) is 0.00269. The molecule has 0 radical (unpaired) electrons. The molecule has 0 unspecified atom stereocenters. The third kappa shape index (κ3) is 3.09. The lowest BCUT2D eigenvalue weighted by Crippen LogP contribution is -2.30. The number of fused-ring (bicyclic) bond motifs is 1. The Kier molecular flexibility index (Phi) is 3.97. The van der Waals surface area contributed by atoms with Crippen molar-refractivity contribution < 1.29 is 14.3 Å². The number of carbonyl (C=O) groups excluding carboxylic acids is 2. The van der Waals surface area contributed by atoms with Crippen LogP contribution in [0.1, 0.15) is 24.5 Å². The third-order valence-electron chi connectivity index (χ3n) is 2.99. The molecule has 0 aromatic heterocycles. The minimum absolute atomic E-state index is 0.450. The van der Waals surface area contributed by atoms with Crippen LogP contribution in [0.25, 0.3) is 0 Å². The zero-order valence-corrected chi connectivity index (χ0v) is 10.5. The second-order valence-electron chi connectivity index (χ2n) is 4.46. The number of hydrogen-bond donors (Lipinski definition) is 1. The van der Waals surface area contributed by atoms with Gasteiger partial charge in [0.1, 0.15) is 5.75 Å². The number of aryl methyl sites for hydroxylation is 1. The van der Waals surface area contributed by atoms with Crippen LogP contribution in [-0.4, -0.2) is 24.8 Å². The quantitative estimate of drug-likeness (QED) is 0.815. The van der Waals surface area contributed by atoms with Gasteiger partial charge in [-0.05, 0) is 36.5 Å². The van der Waals surface area contributed by atoms with Crippen molar-refractivity contribution in [2.45, 2.75) is 26.2 Å². The molecule has 0 atom stereocenters. The maximum atomic E-state index is 11.1. The highest BCUT2D eigenvalue weighted by molar-refractivity contribution is 6.35. The van der Waals surface area contributed by atoms with Crippen LogP contribution in [0.4, 0.5) is 0 Å². The normalized spacial score (nSPS) is 13.4. The topological polar surface area (TPSA) is 55.4 Å². The number of hydrogen-bond acceptors (Lipinski definition) is 3. The molecular weight excluding hydrogens is 230 g/mol. The van der Waals surface area contributed by atoms with E-state index in [0.717, 1.165) is 37.2 Å². The van der Waals surface area contributed by atoms with E-state index < -0.39 is 11.7 Å². The summed E-state index contributed by atoms with van der Waals surface area (Å²) < 4.78 is 5.54. The predicted octanol–water partition coefficient (Wildman–Crippen LogP) is 1.26. The second-order valence-corrected chi connectivity index (χ2v) is 4.46. The Hall–Kier alpha value is -1.84. The van der Waals surface area contributed by atoms with Crippen molar-refractivity contribution in [2.75, 3.05) is 13.2 Å². The fourth-order valence-electron chi connectivity index (χ4n) is 2.01. The lowest BCUT2D eigenvalue weighted by molar-refractivity contribution is -0.136. The molecule has 1 aliphatic rings. The number of Topliss-reactive ketones (excluding diaryl/α,β-unsaturated/α-hetero) is 1. The zero-order chi connectivity index (χ0) is 13.0. The van der Waals surface area contributed by atoms with Crippen molar-refractivity contribution in [1.82, 2.24) is 5.32 Å². The Balaban J connectivity index is 1.90. The minimum atomic E-state index is -0.517. The first kappa shape index (κ1) is 12.6. The highest BCUT2D eigenvalue weighted by Gasteiger charge is 2.11.